The van der Waals surface area contributed by atoms with E-state index in [9.17, 15) is 14.7 Å². The summed E-state index contributed by atoms with van der Waals surface area (Å²) in [4.78, 5) is 24.5. The number of aliphatic hydroxyl groups is 1. The molecule has 0 saturated heterocycles. The summed E-state index contributed by atoms with van der Waals surface area (Å²) in [6.45, 7) is 0. The smallest absolute Gasteiger partial charge is 0.335 e. The second kappa shape index (κ2) is 5.66. The molecule has 0 aromatic heterocycles. The molecule has 5 nitrogen and oxygen atoms in total. The van der Waals surface area contributed by atoms with Crippen LogP contribution in [0.4, 0.5) is 0 Å². The van der Waals surface area contributed by atoms with Gasteiger partial charge < -0.3 is 14.6 Å². The topological polar surface area (TPSA) is 72.8 Å². The van der Waals surface area contributed by atoms with E-state index in [1.807, 2.05) is 30.4 Å². The van der Waals surface area contributed by atoms with Crippen molar-refractivity contribution >= 4 is 11.9 Å². The minimum Gasteiger partial charge on any atom is -0.466 e. The molecule has 1 N–H and O–H groups in total. The molecule has 1 aromatic rings. The third-order valence-electron chi connectivity index (χ3n) is 4.69. The summed E-state index contributed by atoms with van der Waals surface area (Å²) < 4.78 is 9.70. The maximum atomic E-state index is 12.3. The maximum Gasteiger partial charge on any atom is 0.335 e. The first-order valence-electron chi connectivity index (χ1n) is 7.39. The van der Waals surface area contributed by atoms with Crippen molar-refractivity contribution < 1.29 is 24.2 Å². The van der Waals surface area contributed by atoms with E-state index in [0.29, 0.717) is 12.0 Å². The number of ether oxygens (including phenoxy) is 2. The zero-order chi connectivity index (χ0) is 16.6. The number of fused-ring (bicyclic) bond motifs is 2. The second-order valence-electron chi connectivity index (χ2n) is 5.80. The summed E-state index contributed by atoms with van der Waals surface area (Å²) in [6, 6.07) is 9.09. The molecule has 0 fully saturated rings. The first-order valence-corrected chi connectivity index (χ1v) is 7.39. The predicted octanol–water partition coefficient (Wildman–Crippen LogP) is 1.94. The molecule has 2 aliphatic carbocycles. The lowest BCUT2D eigenvalue weighted by Crippen LogP contribution is -2.31. The Balaban J connectivity index is 2.13. The van der Waals surface area contributed by atoms with Crippen molar-refractivity contribution in [3.8, 4) is 0 Å². The largest absolute Gasteiger partial charge is 0.466 e. The first-order chi connectivity index (χ1) is 11.0. The van der Waals surface area contributed by atoms with Gasteiger partial charge in [-0.3, -0.25) is 0 Å². The fraction of sp³-hybridized carbons (Fsp3) is 0.333. The van der Waals surface area contributed by atoms with Gasteiger partial charge in [-0.25, -0.2) is 9.59 Å². The Hall–Kier alpha value is -2.40. The Labute approximate surface area is 134 Å². The van der Waals surface area contributed by atoms with Gasteiger partial charge in [0, 0.05) is 5.92 Å². The third kappa shape index (κ3) is 2.19. The Bertz CT molecular complexity index is 703. The summed E-state index contributed by atoms with van der Waals surface area (Å²) in [5.41, 5.74) is 0.223. The molecule has 0 amide bonds. The van der Waals surface area contributed by atoms with E-state index in [-0.39, 0.29) is 17.1 Å². The highest BCUT2D eigenvalue weighted by Gasteiger charge is 2.56. The van der Waals surface area contributed by atoms with Gasteiger partial charge in [0.05, 0.1) is 36.9 Å². The SMILES string of the molecule is COC(=O)C1=C(C(=O)OC)C2(C(O)c3ccccc3)C=CC1C2. The van der Waals surface area contributed by atoms with Crippen LogP contribution in [0.5, 0.6) is 0 Å². The highest BCUT2D eigenvalue weighted by Crippen LogP contribution is 2.59. The van der Waals surface area contributed by atoms with Crippen LogP contribution in [0.15, 0.2) is 53.6 Å². The van der Waals surface area contributed by atoms with Gasteiger partial charge in [0.2, 0.25) is 0 Å². The predicted molar refractivity (Wildman–Crippen MR) is 82.1 cm³/mol. The third-order valence-corrected chi connectivity index (χ3v) is 4.69. The summed E-state index contributed by atoms with van der Waals surface area (Å²) in [5.74, 6) is -1.40. The van der Waals surface area contributed by atoms with Crippen LogP contribution in [0.1, 0.15) is 18.1 Å². The Morgan fingerprint density at radius 3 is 2.43 bits per heavy atom. The molecular formula is C18H18O5. The van der Waals surface area contributed by atoms with Gasteiger partial charge in [0.1, 0.15) is 0 Å². The van der Waals surface area contributed by atoms with E-state index in [0.717, 1.165) is 0 Å². The molecule has 0 spiro atoms. The summed E-state index contributed by atoms with van der Waals surface area (Å²) in [6.07, 6.45) is 3.18. The molecule has 0 heterocycles. The molecule has 0 saturated carbocycles. The highest BCUT2D eigenvalue weighted by molar-refractivity contribution is 6.04. The van der Waals surface area contributed by atoms with Crippen molar-refractivity contribution in [3.05, 3.63) is 59.2 Å². The number of methoxy groups -OCH3 is 2. The number of carbonyl (C=O) groups excluding carboxylic acids is 2. The van der Waals surface area contributed by atoms with Gasteiger partial charge >= 0.3 is 11.9 Å². The van der Waals surface area contributed by atoms with Crippen LogP contribution >= 0.6 is 0 Å². The number of esters is 2. The fourth-order valence-corrected chi connectivity index (χ4v) is 3.65. The number of carbonyl (C=O) groups is 2. The van der Waals surface area contributed by atoms with E-state index >= 15 is 0 Å². The van der Waals surface area contributed by atoms with Gasteiger partial charge in [-0.15, -0.1) is 0 Å². The van der Waals surface area contributed by atoms with Gasteiger partial charge in [-0.05, 0) is 12.0 Å². The Kier molecular flexibility index (Phi) is 3.82. The summed E-state index contributed by atoms with van der Waals surface area (Å²) in [7, 11) is 2.54. The van der Waals surface area contributed by atoms with Crippen LogP contribution < -0.4 is 0 Å². The lowest BCUT2D eigenvalue weighted by atomic mass is 9.74. The Morgan fingerprint density at radius 2 is 1.83 bits per heavy atom. The molecule has 0 radical (unpaired) electrons. The maximum absolute atomic E-state index is 12.3. The number of aliphatic hydroxyl groups excluding tert-OH is 1. The Morgan fingerprint density at radius 1 is 1.17 bits per heavy atom. The number of benzene rings is 1. The standard InChI is InChI=1S/C18H18O5/c1-22-16(20)13-12-8-9-18(10-12,14(13)17(21)23-2)15(19)11-6-4-3-5-7-11/h3-9,12,15,19H,10H2,1-2H3. The van der Waals surface area contributed by atoms with Crippen molar-refractivity contribution in [3.63, 3.8) is 0 Å². The summed E-state index contributed by atoms with van der Waals surface area (Å²) in [5, 5.41) is 10.9. The zero-order valence-corrected chi connectivity index (χ0v) is 13.0. The molecule has 3 unspecified atom stereocenters. The van der Waals surface area contributed by atoms with Gasteiger partial charge in [-0.1, -0.05) is 42.5 Å². The monoisotopic (exact) mass is 314 g/mol. The van der Waals surface area contributed by atoms with Gasteiger partial charge in [0.15, 0.2) is 0 Å². The molecule has 3 rings (SSSR count). The molecular weight excluding hydrogens is 296 g/mol. The lowest BCUT2D eigenvalue weighted by Gasteiger charge is -2.32. The fourth-order valence-electron chi connectivity index (χ4n) is 3.65. The normalized spacial score (nSPS) is 26.3. The van der Waals surface area contributed by atoms with Crippen molar-refractivity contribution in [2.45, 2.75) is 12.5 Å². The average molecular weight is 314 g/mol. The molecule has 23 heavy (non-hydrogen) atoms. The van der Waals surface area contributed by atoms with Crippen LogP contribution in [0, 0.1) is 11.3 Å². The molecule has 0 aliphatic heterocycles. The van der Waals surface area contributed by atoms with E-state index in [1.54, 1.807) is 12.1 Å². The van der Waals surface area contributed by atoms with E-state index in [1.165, 1.54) is 14.2 Å². The van der Waals surface area contributed by atoms with Crippen LogP contribution in [-0.4, -0.2) is 31.3 Å². The van der Waals surface area contributed by atoms with Crippen LogP contribution in [-0.2, 0) is 19.1 Å². The molecule has 120 valence electrons. The highest BCUT2D eigenvalue weighted by atomic mass is 16.5. The molecule has 1 aromatic carbocycles. The molecule has 5 heteroatoms. The number of allylic oxidation sites excluding steroid dienone is 1. The first kappa shape index (κ1) is 15.5. The number of hydrogen-bond donors (Lipinski definition) is 1. The van der Waals surface area contributed by atoms with Crippen molar-refractivity contribution in [1.82, 2.24) is 0 Å². The molecule has 2 aliphatic rings. The minimum atomic E-state index is -0.956. The van der Waals surface area contributed by atoms with Gasteiger partial charge in [0.25, 0.3) is 0 Å². The minimum absolute atomic E-state index is 0.204. The van der Waals surface area contributed by atoms with E-state index in [4.69, 9.17) is 9.47 Å². The van der Waals surface area contributed by atoms with Crippen molar-refractivity contribution in [2.24, 2.45) is 11.3 Å². The van der Waals surface area contributed by atoms with Gasteiger partial charge in [-0.2, -0.15) is 0 Å². The average Bonchev–Trinajstić information content (AvgIpc) is 3.18. The van der Waals surface area contributed by atoms with Crippen LogP contribution in [0.3, 0.4) is 0 Å². The van der Waals surface area contributed by atoms with Crippen molar-refractivity contribution in [2.75, 3.05) is 14.2 Å². The van der Waals surface area contributed by atoms with Crippen LogP contribution in [0.2, 0.25) is 0 Å². The summed E-state index contributed by atoms with van der Waals surface area (Å²) >= 11 is 0. The molecule has 2 bridgehead atoms. The zero-order valence-electron chi connectivity index (χ0n) is 13.0. The number of hydrogen-bond acceptors (Lipinski definition) is 5. The van der Waals surface area contributed by atoms with Crippen molar-refractivity contribution in [1.29, 1.82) is 0 Å². The lowest BCUT2D eigenvalue weighted by molar-refractivity contribution is -0.140. The second-order valence-corrected chi connectivity index (χ2v) is 5.80. The van der Waals surface area contributed by atoms with E-state index in [2.05, 4.69) is 0 Å². The molecule has 3 atom stereocenters. The van der Waals surface area contributed by atoms with E-state index < -0.39 is 23.5 Å². The quantitative estimate of drug-likeness (QED) is 0.679. The number of rotatable bonds is 4. The van der Waals surface area contributed by atoms with Crippen LogP contribution in [0.25, 0.3) is 0 Å².